The Morgan fingerprint density at radius 3 is 2.71 bits per heavy atom. The third-order valence-electron chi connectivity index (χ3n) is 6.10. The summed E-state index contributed by atoms with van der Waals surface area (Å²) in [5, 5.41) is 8.38. The fourth-order valence-electron chi connectivity index (χ4n) is 4.40. The van der Waals surface area contributed by atoms with Crippen LogP contribution in [0.5, 0.6) is 11.5 Å². The van der Waals surface area contributed by atoms with Crippen LogP contribution in [0.4, 0.5) is 11.8 Å². The number of aromatic nitrogens is 4. The number of methoxy groups -OCH3 is 1. The van der Waals surface area contributed by atoms with Crippen molar-refractivity contribution < 1.29 is 9.47 Å². The third kappa shape index (κ3) is 3.97. The van der Waals surface area contributed by atoms with Crippen LogP contribution < -0.4 is 20.9 Å². The molecule has 1 saturated carbocycles. The van der Waals surface area contributed by atoms with Crippen molar-refractivity contribution in [1.29, 1.82) is 0 Å². The monoisotopic (exact) mass is 423 g/mol. The van der Waals surface area contributed by atoms with E-state index in [0.29, 0.717) is 40.7 Å². The minimum Gasteiger partial charge on any atom is -0.492 e. The largest absolute Gasteiger partial charge is 0.492 e. The summed E-state index contributed by atoms with van der Waals surface area (Å²) < 4.78 is 12.0. The number of nitrogens with zero attached hydrogens (tertiary/aromatic N) is 4. The average molecular weight is 424 g/mol. The van der Waals surface area contributed by atoms with Gasteiger partial charge in [0.1, 0.15) is 5.82 Å². The number of rotatable bonds is 8. The highest BCUT2D eigenvalue weighted by Crippen LogP contribution is 2.46. The molecule has 5 rings (SSSR count). The first-order valence-corrected chi connectivity index (χ1v) is 11.0. The number of aromatic amines is 1. The molecule has 1 aliphatic heterocycles. The second-order valence-electron chi connectivity index (χ2n) is 8.38. The maximum absolute atomic E-state index is 6.27. The van der Waals surface area contributed by atoms with Crippen LogP contribution >= 0.6 is 0 Å². The van der Waals surface area contributed by atoms with E-state index in [4.69, 9.17) is 20.9 Å². The zero-order valence-electron chi connectivity index (χ0n) is 17.9. The van der Waals surface area contributed by atoms with Gasteiger partial charge in [0.15, 0.2) is 11.5 Å². The molecule has 31 heavy (non-hydrogen) atoms. The molecule has 3 aromatic rings. The van der Waals surface area contributed by atoms with E-state index in [1.54, 1.807) is 7.11 Å². The Morgan fingerprint density at radius 2 is 1.97 bits per heavy atom. The van der Waals surface area contributed by atoms with Crippen molar-refractivity contribution in [3.8, 4) is 22.8 Å². The van der Waals surface area contributed by atoms with Gasteiger partial charge in [0.05, 0.1) is 35.9 Å². The van der Waals surface area contributed by atoms with Gasteiger partial charge in [-0.15, -0.1) is 0 Å². The minimum atomic E-state index is 0.127. The summed E-state index contributed by atoms with van der Waals surface area (Å²) in [7, 11) is 1.63. The molecule has 1 aliphatic carbocycles. The molecule has 9 nitrogen and oxygen atoms in total. The fraction of sp³-hybridized carbons (Fsp3) is 0.500. The summed E-state index contributed by atoms with van der Waals surface area (Å²) >= 11 is 0. The van der Waals surface area contributed by atoms with Gasteiger partial charge in [-0.3, -0.25) is 5.10 Å². The number of nitrogen functional groups attached to an aromatic ring is 2. The minimum absolute atomic E-state index is 0.127. The number of ether oxygens (including phenoxy) is 2. The number of anilines is 2. The SMILES string of the molecule is COc1c(OCCCN2CCCC2)cc2nc(N)nc(N)c2c1-c1cc(C2CC2)[nH]n1. The Balaban J connectivity index is 1.51. The first kappa shape index (κ1) is 19.9. The number of benzene rings is 1. The van der Waals surface area contributed by atoms with Crippen molar-refractivity contribution in [1.82, 2.24) is 25.1 Å². The van der Waals surface area contributed by atoms with E-state index in [9.17, 15) is 0 Å². The number of nitrogens with one attached hydrogen (secondary N) is 1. The van der Waals surface area contributed by atoms with Gasteiger partial charge in [0, 0.05) is 24.2 Å². The highest BCUT2D eigenvalue weighted by atomic mass is 16.5. The second-order valence-corrected chi connectivity index (χ2v) is 8.38. The predicted octanol–water partition coefficient (Wildman–Crippen LogP) is 2.94. The Kier molecular flexibility index (Phi) is 5.27. The number of likely N-dealkylation sites (tertiary alicyclic amines) is 1. The highest BCUT2D eigenvalue weighted by molar-refractivity contribution is 6.05. The highest BCUT2D eigenvalue weighted by Gasteiger charge is 2.28. The standard InChI is InChI=1S/C22H29N7O2/c1-30-20-17(31-10-4-9-29-7-2-3-8-29)12-15-19(21(23)26-22(24)25-15)18(20)16-11-14(27-28-16)13-5-6-13/h11-13H,2-10H2,1H3,(H,27,28)(H4,23,24,25,26). The molecule has 1 aromatic carbocycles. The lowest BCUT2D eigenvalue weighted by Crippen LogP contribution is -2.22. The molecular formula is C22H29N7O2. The number of H-pyrrole nitrogens is 1. The van der Waals surface area contributed by atoms with Crippen molar-refractivity contribution in [2.75, 3.05) is 44.8 Å². The summed E-state index contributed by atoms with van der Waals surface area (Å²) in [6, 6.07) is 3.89. The van der Waals surface area contributed by atoms with Crippen LogP contribution in [0.3, 0.4) is 0 Å². The van der Waals surface area contributed by atoms with Crippen LogP contribution in [0.2, 0.25) is 0 Å². The lowest BCUT2D eigenvalue weighted by Gasteiger charge is -2.18. The molecule has 164 valence electrons. The molecule has 3 heterocycles. The maximum Gasteiger partial charge on any atom is 0.222 e. The van der Waals surface area contributed by atoms with E-state index < -0.39 is 0 Å². The van der Waals surface area contributed by atoms with Crippen LogP contribution in [0.25, 0.3) is 22.2 Å². The summed E-state index contributed by atoms with van der Waals surface area (Å²) in [5.74, 6) is 2.17. The first-order chi connectivity index (χ1) is 15.1. The molecule has 0 radical (unpaired) electrons. The van der Waals surface area contributed by atoms with Crippen molar-refractivity contribution in [3.05, 3.63) is 17.8 Å². The molecule has 0 unspecified atom stereocenters. The zero-order chi connectivity index (χ0) is 21.4. The molecule has 1 saturated heterocycles. The summed E-state index contributed by atoms with van der Waals surface area (Å²) in [6.45, 7) is 3.99. The van der Waals surface area contributed by atoms with Crippen molar-refractivity contribution in [3.63, 3.8) is 0 Å². The van der Waals surface area contributed by atoms with E-state index in [-0.39, 0.29) is 5.95 Å². The topological polar surface area (TPSA) is 128 Å². The molecular weight excluding hydrogens is 394 g/mol. The van der Waals surface area contributed by atoms with Crippen molar-refractivity contribution in [2.24, 2.45) is 0 Å². The Morgan fingerprint density at radius 1 is 1.16 bits per heavy atom. The second kappa shape index (κ2) is 8.22. The van der Waals surface area contributed by atoms with Gasteiger partial charge < -0.3 is 25.8 Å². The maximum atomic E-state index is 6.27. The molecule has 5 N–H and O–H groups in total. The van der Waals surface area contributed by atoms with Crippen molar-refractivity contribution >= 4 is 22.7 Å². The van der Waals surface area contributed by atoms with Crippen LogP contribution in [0.15, 0.2) is 12.1 Å². The van der Waals surface area contributed by atoms with E-state index in [1.807, 2.05) is 6.07 Å². The molecule has 0 bridgehead atoms. The summed E-state index contributed by atoms with van der Waals surface area (Å²) in [6.07, 6.45) is 5.89. The zero-order valence-corrected chi connectivity index (χ0v) is 17.9. The normalized spacial score (nSPS) is 16.8. The van der Waals surface area contributed by atoms with Crippen LogP contribution in [-0.4, -0.2) is 58.4 Å². The van der Waals surface area contributed by atoms with E-state index in [2.05, 4.69) is 31.1 Å². The van der Waals surface area contributed by atoms with Crippen molar-refractivity contribution in [2.45, 2.75) is 38.0 Å². The quantitative estimate of drug-likeness (QED) is 0.472. The van der Waals surface area contributed by atoms with Gasteiger partial charge in [-0.25, -0.2) is 4.98 Å². The summed E-state index contributed by atoms with van der Waals surface area (Å²) in [5.41, 5.74) is 15.4. The number of hydrogen-bond acceptors (Lipinski definition) is 8. The van der Waals surface area contributed by atoms with E-state index in [0.717, 1.165) is 29.9 Å². The van der Waals surface area contributed by atoms with Gasteiger partial charge in [-0.1, -0.05) is 0 Å². The van der Waals surface area contributed by atoms with E-state index in [1.165, 1.54) is 38.8 Å². The lowest BCUT2D eigenvalue weighted by molar-refractivity contribution is 0.255. The third-order valence-corrected chi connectivity index (χ3v) is 6.10. The van der Waals surface area contributed by atoms with Gasteiger partial charge in [-0.2, -0.15) is 10.1 Å². The van der Waals surface area contributed by atoms with Crippen LogP contribution in [0, 0.1) is 0 Å². The fourth-order valence-corrected chi connectivity index (χ4v) is 4.40. The molecule has 2 fully saturated rings. The molecule has 2 aromatic heterocycles. The number of hydrogen-bond donors (Lipinski definition) is 3. The molecule has 9 heteroatoms. The van der Waals surface area contributed by atoms with Gasteiger partial charge in [0.25, 0.3) is 0 Å². The summed E-state index contributed by atoms with van der Waals surface area (Å²) in [4.78, 5) is 11.1. The Hall–Kier alpha value is -3.07. The van der Waals surface area contributed by atoms with E-state index >= 15 is 0 Å². The lowest BCUT2D eigenvalue weighted by atomic mass is 10.0. The van der Waals surface area contributed by atoms with Gasteiger partial charge in [-0.05, 0) is 51.3 Å². The Bertz CT molecular complexity index is 1090. The van der Waals surface area contributed by atoms with Crippen LogP contribution in [0.1, 0.15) is 43.7 Å². The Labute approximate surface area is 181 Å². The van der Waals surface area contributed by atoms with Gasteiger partial charge in [0.2, 0.25) is 5.95 Å². The average Bonchev–Trinajstić information content (AvgIpc) is 3.25. The number of fused-ring (bicyclic) bond motifs is 1. The van der Waals surface area contributed by atoms with Gasteiger partial charge >= 0.3 is 0 Å². The number of nitrogens with two attached hydrogens (primary N) is 2. The molecule has 2 aliphatic rings. The predicted molar refractivity (Wildman–Crippen MR) is 120 cm³/mol. The smallest absolute Gasteiger partial charge is 0.222 e. The van der Waals surface area contributed by atoms with Crippen LogP contribution in [-0.2, 0) is 0 Å². The first-order valence-electron chi connectivity index (χ1n) is 11.0. The molecule has 0 amide bonds. The molecule has 0 spiro atoms. The molecule has 0 atom stereocenters.